The SMILES string of the molecule is Cc1cnc(N)nc1OCC(C)(C)C. The van der Waals surface area contributed by atoms with Crippen molar-refractivity contribution in [1.29, 1.82) is 0 Å². The number of anilines is 1. The van der Waals surface area contributed by atoms with Crippen LogP contribution in [0.4, 0.5) is 5.95 Å². The van der Waals surface area contributed by atoms with Gasteiger partial charge in [-0.2, -0.15) is 4.98 Å². The van der Waals surface area contributed by atoms with Crippen LogP contribution in [0.5, 0.6) is 5.88 Å². The largest absolute Gasteiger partial charge is 0.477 e. The van der Waals surface area contributed by atoms with Crippen molar-refractivity contribution >= 4 is 5.95 Å². The van der Waals surface area contributed by atoms with Crippen LogP contribution in [0.1, 0.15) is 26.3 Å². The second-order valence-corrected chi connectivity index (χ2v) is 4.57. The summed E-state index contributed by atoms with van der Waals surface area (Å²) in [5, 5.41) is 0. The molecule has 1 aromatic heterocycles. The predicted molar refractivity (Wildman–Crippen MR) is 56.1 cm³/mol. The number of nitrogens with two attached hydrogens (primary N) is 1. The summed E-state index contributed by atoms with van der Waals surface area (Å²) in [6.07, 6.45) is 1.67. The molecule has 0 unspecified atom stereocenters. The molecule has 1 heterocycles. The molecule has 4 heteroatoms. The quantitative estimate of drug-likeness (QED) is 0.781. The molecule has 2 N–H and O–H groups in total. The van der Waals surface area contributed by atoms with E-state index in [0.29, 0.717) is 12.5 Å². The first-order chi connectivity index (χ1) is 6.38. The molecule has 14 heavy (non-hydrogen) atoms. The minimum absolute atomic E-state index is 0.117. The molecule has 0 aliphatic carbocycles. The van der Waals surface area contributed by atoms with Gasteiger partial charge >= 0.3 is 0 Å². The lowest BCUT2D eigenvalue weighted by atomic mass is 9.99. The van der Waals surface area contributed by atoms with Gasteiger partial charge in [0.15, 0.2) is 0 Å². The average Bonchev–Trinajstić information content (AvgIpc) is 2.05. The summed E-state index contributed by atoms with van der Waals surface area (Å²) in [4.78, 5) is 7.89. The van der Waals surface area contributed by atoms with Crippen molar-refractivity contribution in [2.75, 3.05) is 12.3 Å². The number of nitrogens with zero attached hydrogens (tertiary/aromatic N) is 2. The first-order valence-corrected chi connectivity index (χ1v) is 4.60. The monoisotopic (exact) mass is 195 g/mol. The van der Waals surface area contributed by atoms with Gasteiger partial charge in [0.1, 0.15) is 0 Å². The molecule has 0 spiro atoms. The Balaban J connectivity index is 2.72. The second-order valence-electron chi connectivity index (χ2n) is 4.57. The molecule has 0 aromatic carbocycles. The average molecular weight is 195 g/mol. The summed E-state index contributed by atoms with van der Waals surface area (Å²) in [5.41, 5.74) is 6.49. The Kier molecular flexibility index (Phi) is 2.93. The molecule has 0 amide bonds. The van der Waals surface area contributed by atoms with Gasteiger partial charge in [-0.3, -0.25) is 0 Å². The molecule has 1 aromatic rings. The van der Waals surface area contributed by atoms with E-state index >= 15 is 0 Å². The molecular formula is C10H17N3O. The van der Waals surface area contributed by atoms with Crippen LogP contribution in [0.25, 0.3) is 0 Å². The summed E-state index contributed by atoms with van der Waals surface area (Å²) in [5.74, 6) is 0.826. The van der Waals surface area contributed by atoms with Gasteiger partial charge in [-0.1, -0.05) is 20.8 Å². The number of hydrogen-bond donors (Lipinski definition) is 1. The maximum absolute atomic E-state index is 5.55. The third kappa shape index (κ3) is 3.20. The van der Waals surface area contributed by atoms with Crippen molar-refractivity contribution in [3.63, 3.8) is 0 Å². The number of ether oxygens (including phenoxy) is 1. The van der Waals surface area contributed by atoms with Gasteiger partial charge < -0.3 is 10.5 Å². The lowest BCUT2D eigenvalue weighted by Gasteiger charge is -2.18. The highest BCUT2D eigenvalue weighted by molar-refractivity contribution is 5.28. The van der Waals surface area contributed by atoms with Crippen LogP contribution in [-0.2, 0) is 0 Å². The lowest BCUT2D eigenvalue weighted by molar-refractivity contribution is 0.190. The number of hydrogen-bond acceptors (Lipinski definition) is 4. The molecular weight excluding hydrogens is 178 g/mol. The van der Waals surface area contributed by atoms with Crippen molar-refractivity contribution in [1.82, 2.24) is 9.97 Å². The number of aryl methyl sites for hydroxylation is 1. The number of rotatable bonds is 2. The lowest BCUT2D eigenvalue weighted by Crippen LogP contribution is -2.18. The van der Waals surface area contributed by atoms with Crippen molar-refractivity contribution in [2.45, 2.75) is 27.7 Å². The van der Waals surface area contributed by atoms with Gasteiger partial charge in [0.2, 0.25) is 11.8 Å². The van der Waals surface area contributed by atoms with Gasteiger partial charge in [0, 0.05) is 11.8 Å². The van der Waals surface area contributed by atoms with E-state index in [1.807, 2.05) is 6.92 Å². The van der Waals surface area contributed by atoms with Crippen LogP contribution >= 0.6 is 0 Å². The zero-order valence-electron chi connectivity index (χ0n) is 9.16. The molecule has 0 saturated heterocycles. The molecule has 0 aliphatic rings. The van der Waals surface area contributed by atoms with Crippen LogP contribution in [0, 0.1) is 12.3 Å². The van der Waals surface area contributed by atoms with Crippen LogP contribution in [0.3, 0.4) is 0 Å². The fraction of sp³-hybridized carbons (Fsp3) is 0.600. The second kappa shape index (κ2) is 3.82. The fourth-order valence-corrected chi connectivity index (χ4v) is 0.870. The van der Waals surface area contributed by atoms with Gasteiger partial charge in [-0.15, -0.1) is 0 Å². The third-order valence-electron chi connectivity index (χ3n) is 1.59. The standard InChI is InChI=1S/C10H17N3O/c1-7-5-12-9(11)13-8(7)14-6-10(2,3)4/h5H,6H2,1-4H3,(H2,11,12,13). The predicted octanol–water partition coefficient (Wildman–Crippen LogP) is 1.79. The Morgan fingerprint density at radius 1 is 1.43 bits per heavy atom. The highest BCUT2D eigenvalue weighted by atomic mass is 16.5. The molecule has 78 valence electrons. The van der Waals surface area contributed by atoms with Crippen molar-refractivity contribution in [2.24, 2.45) is 5.41 Å². The minimum Gasteiger partial charge on any atom is -0.477 e. The van der Waals surface area contributed by atoms with Gasteiger partial charge in [0.25, 0.3) is 0 Å². The zero-order valence-corrected chi connectivity index (χ0v) is 9.16. The van der Waals surface area contributed by atoms with Crippen LogP contribution in [-0.4, -0.2) is 16.6 Å². The molecule has 0 atom stereocenters. The number of aromatic nitrogens is 2. The van der Waals surface area contributed by atoms with E-state index in [1.165, 1.54) is 0 Å². The summed E-state index contributed by atoms with van der Waals surface area (Å²) < 4.78 is 5.55. The van der Waals surface area contributed by atoms with Crippen molar-refractivity contribution in [3.8, 4) is 5.88 Å². The van der Waals surface area contributed by atoms with Gasteiger partial charge in [-0.25, -0.2) is 4.98 Å². The van der Waals surface area contributed by atoms with Crippen LogP contribution < -0.4 is 10.5 Å². The Morgan fingerprint density at radius 3 is 2.64 bits per heavy atom. The maximum Gasteiger partial charge on any atom is 0.223 e. The van der Waals surface area contributed by atoms with E-state index in [4.69, 9.17) is 10.5 Å². The molecule has 1 rings (SSSR count). The van der Waals surface area contributed by atoms with Gasteiger partial charge in [-0.05, 0) is 12.3 Å². The van der Waals surface area contributed by atoms with E-state index in [2.05, 4.69) is 30.7 Å². The Bertz CT molecular complexity index is 318. The smallest absolute Gasteiger partial charge is 0.223 e. The highest BCUT2D eigenvalue weighted by Gasteiger charge is 2.12. The highest BCUT2D eigenvalue weighted by Crippen LogP contribution is 2.18. The number of nitrogen functional groups attached to an aromatic ring is 1. The third-order valence-corrected chi connectivity index (χ3v) is 1.59. The molecule has 4 nitrogen and oxygen atoms in total. The fourth-order valence-electron chi connectivity index (χ4n) is 0.870. The molecule has 0 fully saturated rings. The Labute approximate surface area is 84.5 Å². The van der Waals surface area contributed by atoms with Crippen molar-refractivity contribution in [3.05, 3.63) is 11.8 Å². The van der Waals surface area contributed by atoms with E-state index < -0.39 is 0 Å². The normalized spacial score (nSPS) is 11.4. The molecule has 0 bridgehead atoms. The maximum atomic E-state index is 5.55. The first-order valence-electron chi connectivity index (χ1n) is 4.60. The summed E-state index contributed by atoms with van der Waals surface area (Å²) in [7, 11) is 0. The Hall–Kier alpha value is -1.32. The molecule has 0 aliphatic heterocycles. The minimum atomic E-state index is 0.117. The van der Waals surface area contributed by atoms with E-state index in [9.17, 15) is 0 Å². The van der Waals surface area contributed by atoms with E-state index in [0.717, 1.165) is 5.56 Å². The zero-order chi connectivity index (χ0) is 10.8. The van der Waals surface area contributed by atoms with Crippen LogP contribution in [0.2, 0.25) is 0 Å². The first kappa shape index (κ1) is 10.8. The topological polar surface area (TPSA) is 61.0 Å². The Morgan fingerprint density at radius 2 is 2.07 bits per heavy atom. The van der Waals surface area contributed by atoms with Crippen LogP contribution in [0.15, 0.2) is 6.20 Å². The van der Waals surface area contributed by atoms with E-state index in [1.54, 1.807) is 6.20 Å². The van der Waals surface area contributed by atoms with Gasteiger partial charge in [0.05, 0.1) is 6.61 Å². The molecule has 0 saturated carbocycles. The summed E-state index contributed by atoms with van der Waals surface area (Å²) in [6.45, 7) is 8.83. The van der Waals surface area contributed by atoms with Crippen molar-refractivity contribution < 1.29 is 4.74 Å². The summed E-state index contributed by atoms with van der Waals surface area (Å²) in [6, 6.07) is 0. The van der Waals surface area contributed by atoms with E-state index in [-0.39, 0.29) is 11.4 Å². The summed E-state index contributed by atoms with van der Waals surface area (Å²) >= 11 is 0. The molecule has 0 radical (unpaired) electrons.